The third-order valence-corrected chi connectivity index (χ3v) is 9.25. The van der Waals surface area contributed by atoms with Gasteiger partial charge in [-0.2, -0.15) is 0 Å². The number of hydrogen-bond acceptors (Lipinski definition) is 8. The molecule has 1 N–H and O–H groups in total. The Morgan fingerprint density at radius 3 is 2.33 bits per heavy atom. The third kappa shape index (κ3) is 12.1. The summed E-state index contributed by atoms with van der Waals surface area (Å²) in [6, 6.07) is 12.7. The highest BCUT2D eigenvalue weighted by Gasteiger charge is 2.18. The lowest BCUT2D eigenvalue weighted by Crippen LogP contribution is -2.46. The van der Waals surface area contributed by atoms with E-state index in [-0.39, 0.29) is 62.0 Å². The van der Waals surface area contributed by atoms with Crippen molar-refractivity contribution in [3.8, 4) is 0 Å². The summed E-state index contributed by atoms with van der Waals surface area (Å²) in [6.07, 6.45) is 4.92. The predicted octanol–water partition coefficient (Wildman–Crippen LogP) is 7.62. The summed E-state index contributed by atoms with van der Waals surface area (Å²) >= 11 is 3.77. The number of nitrogens with zero attached hydrogens (tertiary/aromatic N) is 5. The van der Waals surface area contributed by atoms with Crippen LogP contribution < -0.4 is 0 Å². The van der Waals surface area contributed by atoms with Gasteiger partial charge >= 0.3 is 0 Å². The molecule has 4 heterocycles. The van der Waals surface area contributed by atoms with Gasteiger partial charge in [0.15, 0.2) is 0 Å². The van der Waals surface area contributed by atoms with Crippen molar-refractivity contribution in [3.05, 3.63) is 71.7 Å². The van der Waals surface area contributed by atoms with Gasteiger partial charge in [0.25, 0.3) is 0 Å². The number of H-pyrrole nitrogens is 1. The van der Waals surface area contributed by atoms with E-state index in [2.05, 4.69) is 82.1 Å². The molecular weight excluding hydrogens is 690 g/mol. The van der Waals surface area contributed by atoms with Crippen molar-refractivity contribution in [1.82, 2.24) is 29.7 Å². The maximum Gasteiger partial charge on any atom is 0.118 e. The zero-order valence-electron chi connectivity index (χ0n) is 24.7. The van der Waals surface area contributed by atoms with Gasteiger partial charge in [-0.1, -0.05) is 6.07 Å². The number of halogens is 5. The summed E-state index contributed by atoms with van der Waals surface area (Å²) in [5.41, 5.74) is 4.59. The minimum absolute atomic E-state index is 0. The number of rotatable bonds is 12. The highest BCUT2D eigenvalue weighted by atomic mass is 35.5. The zero-order chi connectivity index (χ0) is 26.3. The number of hydrogen-bond donors (Lipinski definition) is 1. The molecule has 0 saturated carbocycles. The van der Waals surface area contributed by atoms with Crippen LogP contribution in [0.15, 0.2) is 63.1 Å². The summed E-state index contributed by atoms with van der Waals surface area (Å²) < 4.78 is 6.01. The second kappa shape index (κ2) is 21.0. The van der Waals surface area contributed by atoms with Crippen LogP contribution in [0.2, 0.25) is 0 Å². The van der Waals surface area contributed by atoms with E-state index < -0.39 is 0 Å². The standard InChI is InChI=1S/C29H38N6OS2.5ClH/c1-22-26(20-38-28-7-4-6-25-29(28)32-21-31-25)30-11-10-27(22)37-17-5-12-34-13-15-35(16-14-34)19-24-9-8-23(36-24)18-33(2)3;;;;;/h4,6-11,21H,5,12-20H2,1-3H3,(H,31,32);5*1H. The van der Waals surface area contributed by atoms with Crippen molar-refractivity contribution in [2.24, 2.45) is 0 Å². The minimum atomic E-state index is 0. The van der Waals surface area contributed by atoms with Crippen LogP contribution in [0.3, 0.4) is 0 Å². The zero-order valence-corrected chi connectivity index (χ0v) is 30.4. The van der Waals surface area contributed by atoms with Crippen molar-refractivity contribution >= 4 is 96.6 Å². The Bertz CT molecular complexity index is 1330. The van der Waals surface area contributed by atoms with Gasteiger partial charge in [-0.15, -0.1) is 85.6 Å². The van der Waals surface area contributed by atoms with E-state index in [0.29, 0.717) is 0 Å². The Morgan fingerprint density at radius 1 is 0.860 bits per heavy atom. The second-order valence-corrected chi connectivity index (χ2v) is 12.3. The van der Waals surface area contributed by atoms with Crippen LogP contribution >= 0.6 is 85.6 Å². The molecule has 5 rings (SSSR count). The molecule has 0 aliphatic carbocycles. The number of aromatic nitrogens is 3. The second-order valence-electron chi connectivity index (χ2n) is 10.1. The number of piperazine rings is 1. The number of thioether (sulfide) groups is 2. The number of aromatic amines is 1. The van der Waals surface area contributed by atoms with Gasteiger partial charge < -0.3 is 19.2 Å². The average molecular weight is 733 g/mol. The molecule has 7 nitrogen and oxygen atoms in total. The van der Waals surface area contributed by atoms with Crippen LogP contribution in [-0.2, 0) is 18.8 Å². The van der Waals surface area contributed by atoms with Crippen LogP contribution in [0.25, 0.3) is 11.0 Å². The Balaban J connectivity index is 0.00000353. The first kappa shape index (κ1) is 42.1. The Morgan fingerprint density at radius 2 is 1.58 bits per heavy atom. The molecule has 0 radical (unpaired) electrons. The molecule has 4 aromatic rings. The summed E-state index contributed by atoms with van der Waals surface area (Å²) in [6.45, 7) is 9.62. The van der Waals surface area contributed by atoms with Gasteiger partial charge in [-0.3, -0.25) is 9.88 Å². The first-order valence-electron chi connectivity index (χ1n) is 13.3. The van der Waals surface area contributed by atoms with Crippen molar-refractivity contribution in [2.75, 3.05) is 52.6 Å². The number of pyridine rings is 1. The molecule has 1 fully saturated rings. The summed E-state index contributed by atoms with van der Waals surface area (Å²) in [5.74, 6) is 4.11. The molecule has 14 heteroatoms. The van der Waals surface area contributed by atoms with Gasteiger partial charge in [0.1, 0.15) is 17.0 Å². The summed E-state index contributed by atoms with van der Waals surface area (Å²) in [7, 11) is 4.14. The number of para-hydroxylation sites is 1. The van der Waals surface area contributed by atoms with E-state index in [9.17, 15) is 0 Å². The number of benzene rings is 1. The first-order chi connectivity index (χ1) is 18.5. The van der Waals surface area contributed by atoms with E-state index in [1.807, 2.05) is 29.7 Å². The lowest BCUT2D eigenvalue weighted by molar-refractivity contribution is 0.120. The molecule has 1 aliphatic rings. The number of imidazole rings is 1. The Hall–Kier alpha value is -0.850. The molecule has 43 heavy (non-hydrogen) atoms. The van der Waals surface area contributed by atoms with E-state index in [4.69, 9.17) is 9.40 Å². The molecule has 1 aliphatic heterocycles. The molecule has 0 amide bonds. The van der Waals surface area contributed by atoms with Gasteiger partial charge in [0.2, 0.25) is 0 Å². The van der Waals surface area contributed by atoms with Crippen LogP contribution in [0.1, 0.15) is 29.2 Å². The Kier molecular flexibility index (Phi) is 20.6. The maximum absolute atomic E-state index is 6.01. The van der Waals surface area contributed by atoms with Crippen LogP contribution in [0.5, 0.6) is 0 Å². The molecule has 0 unspecified atom stereocenters. The molecule has 3 aromatic heterocycles. The SMILES string of the molecule is Cc1c(SCCCN2CCN(Cc3ccc(CN(C)C)o3)CC2)ccnc1CSc1cccc2[nH]cnc12.Cl.Cl.Cl.Cl.Cl. The van der Waals surface area contributed by atoms with Crippen LogP contribution in [0.4, 0.5) is 0 Å². The van der Waals surface area contributed by atoms with Crippen LogP contribution in [-0.4, -0.2) is 82.2 Å². The lowest BCUT2D eigenvalue weighted by Gasteiger charge is -2.34. The third-order valence-electron chi connectivity index (χ3n) is 6.95. The molecule has 242 valence electrons. The Labute approximate surface area is 295 Å². The average Bonchev–Trinajstić information content (AvgIpc) is 3.57. The molecule has 1 saturated heterocycles. The maximum atomic E-state index is 6.01. The number of furan rings is 1. The topological polar surface area (TPSA) is 64.4 Å². The smallest absolute Gasteiger partial charge is 0.118 e. The van der Waals surface area contributed by atoms with Crippen molar-refractivity contribution in [1.29, 1.82) is 0 Å². The predicted molar refractivity (Wildman–Crippen MR) is 194 cm³/mol. The fourth-order valence-corrected chi connectivity index (χ4v) is 6.87. The van der Waals surface area contributed by atoms with E-state index in [0.717, 1.165) is 85.6 Å². The van der Waals surface area contributed by atoms with Gasteiger partial charge in [-0.25, -0.2) is 4.98 Å². The molecule has 1 aromatic carbocycles. The minimum Gasteiger partial charge on any atom is -0.463 e. The molecule has 0 atom stereocenters. The van der Waals surface area contributed by atoms with Crippen molar-refractivity contribution in [3.63, 3.8) is 0 Å². The highest BCUT2D eigenvalue weighted by molar-refractivity contribution is 7.99. The highest BCUT2D eigenvalue weighted by Crippen LogP contribution is 2.31. The summed E-state index contributed by atoms with van der Waals surface area (Å²) in [5, 5.41) is 0. The molecule has 0 spiro atoms. The fourth-order valence-electron chi connectivity index (χ4n) is 4.83. The van der Waals surface area contributed by atoms with Crippen molar-refractivity contribution < 1.29 is 4.42 Å². The number of nitrogens with one attached hydrogen (secondary N) is 1. The van der Waals surface area contributed by atoms with Gasteiger partial charge in [0, 0.05) is 47.9 Å². The quantitative estimate of drug-likeness (QED) is 0.118. The normalized spacial score (nSPS) is 13.4. The molecule has 0 bridgehead atoms. The van der Waals surface area contributed by atoms with Crippen molar-refractivity contribution in [2.45, 2.75) is 42.0 Å². The molecular formula is C29H43Cl5N6OS2. The fraction of sp³-hybridized carbons (Fsp3) is 0.448. The lowest BCUT2D eigenvalue weighted by atomic mass is 10.2. The first-order valence-corrected chi connectivity index (χ1v) is 15.3. The van der Waals surface area contributed by atoms with Crippen LogP contribution in [0, 0.1) is 6.92 Å². The van der Waals surface area contributed by atoms with Gasteiger partial charge in [-0.05, 0) is 75.6 Å². The monoisotopic (exact) mass is 730 g/mol. The largest absolute Gasteiger partial charge is 0.463 e. The van der Waals surface area contributed by atoms with E-state index in [1.54, 1.807) is 6.33 Å². The van der Waals surface area contributed by atoms with E-state index >= 15 is 0 Å². The van der Waals surface area contributed by atoms with Gasteiger partial charge in [0.05, 0.1) is 30.6 Å². The van der Waals surface area contributed by atoms with E-state index in [1.165, 1.54) is 21.8 Å². The number of fused-ring (bicyclic) bond motifs is 1. The summed E-state index contributed by atoms with van der Waals surface area (Å²) in [4.78, 5) is 22.2.